The summed E-state index contributed by atoms with van der Waals surface area (Å²) in [4.78, 5) is 97.2. The first-order chi connectivity index (χ1) is 36.2. The monoisotopic (exact) mass is 1190 g/mol. The molecule has 14 N–H and O–H groups in total. The van der Waals surface area contributed by atoms with Crippen LogP contribution in [0.3, 0.4) is 0 Å². The summed E-state index contributed by atoms with van der Waals surface area (Å²) in [7, 11) is -11.9. The molecule has 3 aliphatic heterocycles. The number of nitrogens with one attached hydrogen (secondary N) is 3. The molecular weight excluding hydrogens is 1140 g/mol. The Morgan fingerprint density at radius 1 is 0.740 bits per heavy atom. The highest BCUT2D eigenvalue weighted by Gasteiger charge is 2.54. The van der Waals surface area contributed by atoms with Gasteiger partial charge in [-0.15, -0.1) is 0 Å². The van der Waals surface area contributed by atoms with Crippen LogP contribution < -0.4 is 32.5 Å². The second-order valence-corrected chi connectivity index (χ2v) is 25.4. The van der Waals surface area contributed by atoms with E-state index < -0.39 is 134 Å². The van der Waals surface area contributed by atoms with Crippen molar-refractivity contribution in [3.63, 3.8) is 0 Å². The number of aliphatic hydroxyl groups is 3. The maximum absolute atomic E-state index is 13.8. The predicted molar refractivity (Wildman–Crippen MR) is 255 cm³/mol. The van der Waals surface area contributed by atoms with Gasteiger partial charge in [-0.2, -0.15) is 13.6 Å². The van der Waals surface area contributed by atoms with Crippen molar-refractivity contribution in [3.05, 3.63) is 46.0 Å². The van der Waals surface area contributed by atoms with E-state index in [1.165, 1.54) is 39.7 Å². The third-order valence-electron chi connectivity index (χ3n) is 12.0. The number of hydrogen-bond acceptors (Lipinski definition) is 29. The number of nitrogens with zero attached hydrogens (tertiary/aromatic N) is 10. The van der Waals surface area contributed by atoms with Gasteiger partial charge in [0.05, 0.1) is 39.0 Å². The summed E-state index contributed by atoms with van der Waals surface area (Å²) < 4.78 is 112. The van der Waals surface area contributed by atoms with E-state index in [1.54, 1.807) is 7.05 Å². The number of H-pyrrole nitrogens is 2. The summed E-state index contributed by atoms with van der Waals surface area (Å²) >= 11 is -0.139. The Kier molecular flexibility index (Phi) is 16.1. The fraction of sp³-hybridized carbons (Fsp3) is 0.559. The van der Waals surface area contributed by atoms with Gasteiger partial charge in [0.1, 0.15) is 60.7 Å². The van der Waals surface area contributed by atoms with Crippen molar-refractivity contribution in [1.82, 2.24) is 53.6 Å². The number of aromatic nitrogens is 12. The molecule has 3 aliphatic rings. The fourth-order valence-electron chi connectivity index (χ4n) is 8.73. The molecule has 43 heteroatoms. The Labute approximate surface area is 432 Å². The molecule has 0 spiro atoms. The smallest absolute Gasteiger partial charge is 0.387 e. The van der Waals surface area contributed by atoms with Gasteiger partial charge in [0, 0.05) is 27.0 Å². The highest BCUT2D eigenvalue weighted by atomic mass is 32.7. The van der Waals surface area contributed by atoms with Crippen molar-refractivity contribution in [3.8, 4) is 0 Å². The second kappa shape index (κ2) is 21.7. The molecule has 0 saturated carbocycles. The number of aromatic amines is 2. The van der Waals surface area contributed by atoms with Crippen molar-refractivity contribution in [1.29, 1.82) is 0 Å². The quantitative estimate of drug-likeness (QED) is 0.0254. The number of rotatable bonds is 21. The molecule has 0 amide bonds. The Bertz CT molecular complexity index is 3510. The van der Waals surface area contributed by atoms with Crippen LogP contribution in [0.15, 0.2) is 34.9 Å². The topological polar surface area (TPSA) is 528 Å². The van der Waals surface area contributed by atoms with E-state index in [1.807, 2.05) is 0 Å². The molecule has 6 aromatic heterocycles. The van der Waals surface area contributed by atoms with Crippen LogP contribution in [-0.4, -0.2) is 184 Å². The van der Waals surface area contributed by atoms with Crippen LogP contribution in [-0.2, 0) is 71.2 Å². The number of fused-ring (bicyclic) bond motifs is 3. The van der Waals surface area contributed by atoms with E-state index in [0.717, 1.165) is 25.1 Å². The molecular formula is C34H48N15O23P4S+. The summed E-state index contributed by atoms with van der Waals surface area (Å²) in [5, 5.41) is 35.8. The summed E-state index contributed by atoms with van der Waals surface area (Å²) in [6.07, 6.45) is -13.6. The first kappa shape index (κ1) is 56.9. The molecule has 0 aromatic carbocycles. The summed E-state index contributed by atoms with van der Waals surface area (Å²) in [5.41, 5.74) is 10.1. The number of nitrogens with two attached hydrogens (primary N) is 2. The van der Waals surface area contributed by atoms with Crippen LogP contribution in [0.4, 0.5) is 17.7 Å². The molecule has 3 saturated heterocycles. The van der Waals surface area contributed by atoms with Crippen molar-refractivity contribution in [2.75, 3.05) is 57.0 Å². The lowest BCUT2D eigenvalue weighted by atomic mass is 10.1. The number of imidazole rings is 3. The van der Waals surface area contributed by atoms with E-state index >= 15 is 0 Å². The van der Waals surface area contributed by atoms with Gasteiger partial charge in [-0.3, -0.25) is 46.8 Å². The van der Waals surface area contributed by atoms with Gasteiger partial charge in [-0.25, -0.2) is 42.8 Å². The zero-order valence-corrected chi connectivity index (χ0v) is 44.2. The van der Waals surface area contributed by atoms with Crippen molar-refractivity contribution >= 4 is 92.9 Å². The van der Waals surface area contributed by atoms with E-state index in [2.05, 4.69) is 53.8 Å². The number of ether oxygens (including phenoxy) is 5. The number of aliphatic hydroxyl groups excluding tert-OH is 3. The Morgan fingerprint density at radius 2 is 1.38 bits per heavy atom. The molecule has 77 heavy (non-hydrogen) atoms. The first-order valence-corrected chi connectivity index (χ1v) is 29.7. The highest BCUT2D eigenvalue weighted by molar-refractivity contribution is 8.55. The van der Waals surface area contributed by atoms with Gasteiger partial charge in [0.15, 0.2) is 41.4 Å². The maximum atomic E-state index is 13.8. The summed E-state index contributed by atoms with van der Waals surface area (Å²) in [6, 6.07) is 0. The lowest BCUT2D eigenvalue weighted by molar-refractivity contribution is -0.745. The fourth-order valence-corrected chi connectivity index (χ4v) is 15.7. The first-order valence-electron chi connectivity index (χ1n) is 22.0. The molecule has 3 fully saturated rings. The average molecular weight is 1190 g/mol. The summed E-state index contributed by atoms with van der Waals surface area (Å²) in [6.45, 7) is -7.46. The molecule has 0 radical (unpaired) electrons. The van der Waals surface area contributed by atoms with Crippen LogP contribution in [0.25, 0.3) is 33.5 Å². The molecule has 9 rings (SSSR count). The van der Waals surface area contributed by atoms with Crippen LogP contribution >= 0.6 is 41.6 Å². The van der Waals surface area contributed by atoms with Crippen LogP contribution in [0.2, 0.25) is 0 Å². The lowest BCUT2D eigenvalue weighted by Crippen LogP contribution is -2.46. The SMILES string of the molecule is CNc1ncnc2c1ncn2[C@@H]1O[C@H](CSP(=O)(O)OP(=O)(O)OP(=O)(O)OC[C@H]2O[C@@H]([n+]3cn(C)c4c(=O)[nH]c(N)nc43)[C@@H](O)C2OC)[C@H](OP(=O)(O)OC[C@H]2O[C@@H](n3cnc4c(=O)[nH]c(N)nc43)[C@@H](O)C2O)C1OC. The lowest BCUT2D eigenvalue weighted by Gasteiger charge is -2.26. The largest absolute Gasteiger partial charge is 0.488 e. The highest BCUT2D eigenvalue weighted by Crippen LogP contribution is 2.72. The number of methoxy groups -OCH3 is 2. The van der Waals surface area contributed by atoms with Gasteiger partial charge in [-0.05, 0) is 11.4 Å². The molecule has 7 unspecified atom stereocenters. The molecule has 422 valence electrons. The molecule has 0 bridgehead atoms. The van der Waals surface area contributed by atoms with Gasteiger partial charge >= 0.3 is 35.9 Å². The minimum atomic E-state index is -6.07. The van der Waals surface area contributed by atoms with Gasteiger partial charge in [0.2, 0.25) is 17.7 Å². The second-order valence-electron chi connectivity index (χ2n) is 16.9. The van der Waals surface area contributed by atoms with E-state index in [4.69, 9.17) is 48.7 Å². The maximum Gasteiger partial charge on any atom is 0.488 e. The minimum absolute atomic E-state index is 0.0273. The molecule has 6 aromatic rings. The van der Waals surface area contributed by atoms with Gasteiger partial charge < -0.3 is 75.4 Å². The summed E-state index contributed by atoms with van der Waals surface area (Å²) in [5.74, 6) is -1.12. The van der Waals surface area contributed by atoms with Crippen molar-refractivity contribution < 1.29 is 104 Å². The Morgan fingerprint density at radius 3 is 2.08 bits per heavy atom. The number of nitrogen functional groups attached to an aromatic ring is 2. The number of phosphoric acid groups is 3. The number of aryl methyl sites for hydroxylation is 1. The van der Waals surface area contributed by atoms with E-state index in [9.17, 15) is 62.7 Å². The average Bonchev–Trinajstić information content (AvgIpc) is 4.21. The van der Waals surface area contributed by atoms with Crippen LogP contribution in [0.1, 0.15) is 18.7 Å². The number of phosphoric ester groups is 2. The van der Waals surface area contributed by atoms with Gasteiger partial charge in [0.25, 0.3) is 17.1 Å². The third kappa shape index (κ3) is 11.5. The number of hydrogen-bond donors (Lipinski definition) is 12. The van der Waals surface area contributed by atoms with Crippen LogP contribution in [0, 0.1) is 0 Å². The Balaban J connectivity index is 0.872. The molecule has 38 nitrogen and oxygen atoms in total. The predicted octanol–water partition coefficient (Wildman–Crippen LogP) is -2.88. The molecule has 0 aliphatic carbocycles. The molecule has 9 heterocycles. The minimum Gasteiger partial charge on any atom is -0.387 e. The normalized spacial score (nSPS) is 30.0. The zero-order chi connectivity index (χ0) is 55.7. The number of anilines is 3. The Hall–Kier alpha value is -4.76. The van der Waals surface area contributed by atoms with Crippen LogP contribution in [0.5, 0.6) is 0 Å². The van der Waals surface area contributed by atoms with Crippen molar-refractivity contribution in [2.45, 2.75) is 73.6 Å². The zero-order valence-electron chi connectivity index (χ0n) is 39.8. The van der Waals surface area contributed by atoms with Crippen molar-refractivity contribution in [2.24, 2.45) is 7.05 Å². The van der Waals surface area contributed by atoms with E-state index in [0.29, 0.717) is 0 Å². The van der Waals surface area contributed by atoms with E-state index in [-0.39, 0.29) is 62.6 Å². The standard InChI is InChI=1S/C34H47N15O23P4S/c1-37-24-15-25(39-8-38-24)47(9-40-15)32-23(64-4)22(70-73(55,56)65-5-12-18(50)19(51)30(67-12)48-10-41-16-26(48)42-33(35)44-28(16)53)14(69-32)7-77-76(61,62)72-75(59,60)71-74(57,58)66-6-13-21(63-3)20(52)31(68-13)49-11-46(2)17-27(49)43-34(36)45-29(17)54/h8-14,18-23,30-32,50-52H,5-7H2,1-4H3,(H10-,35,36,37,38,39,42,43,44,45,53,54,55,56,57,58,59,60,61,62)/p+1/t12-,13-,14-,18?,19+,20+,21?,22+,23?,30-,31-,32-/m1/s1. The third-order valence-corrected chi connectivity index (χ3v) is 19.6. The van der Waals surface area contributed by atoms with Gasteiger partial charge in [-0.1, -0.05) is 4.98 Å². The molecule has 16 atom stereocenters.